The van der Waals surface area contributed by atoms with Crippen LogP contribution in [0.3, 0.4) is 0 Å². The molecule has 0 N–H and O–H groups in total. The Balaban J connectivity index is 0.00000312. The van der Waals surface area contributed by atoms with Gasteiger partial charge in [-0.15, -0.1) is 0 Å². The first-order valence-electron chi connectivity index (χ1n) is 8.22. The Morgan fingerprint density at radius 1 is 0.880 bits per heavy atom. The second kappa shape index (κ2) is 11.1. The molecule has 1 unspecified atom stereocenters. The van der Waals surface area contributed by atoms with Gasteiger partial charge in [-0.3, -0.25) is 0 Å². The van der Waals surface area contributed by atoms with E-state index >= 15 is 0 Å². The summed E-state index contributed by atoms with van der Waals surface area (Å²) in [5.74, 6) is -0.392. The molecule has 2 aromatic rings. The third kappa shape index (κ3) is 6.65. The molecule has 0 aliphatic heterocycles. The molecule has 0 amide bonds. The molecule has 25 heavy (non-hydrogen) atoms. The van der Waals surface area contributed by atoms with Crippen molar-refractivity contribution >= 4 is 41.5 Å². The van der Waals surface area contributed by atoms with Crippen LogP contribution in [0.25, 0.3) is 0 Å². The molecule has 0 aliphatic rings. The second-order valence-electron chi connectivity index (χ2n) is 5.50. The summed E-state index contributed by atoms with van der Waals surface area (Å²) in [5, 5.41) is 0. The summed E-state index contributed by atoms with van der Waals surface area (Å²) in [4.78, 5) is 24.1. The van der Waals surface area contributed by atoms with E-state index in [2.05, 4.69) is 6.92 Å². The van der Waals surface area contributed by atoms with Crippen LogP contribution in [0, 0.1) is 0 Å². The summed E-state index contributed by atoms with van der Waals surface area (Å²) in [6, 6.07) is 15.2. The number of esters is 2. The van der Waals surface area contributed by atoms with Crippen molar-refractivity contribution in [3.63, 3.8) is 0 Å². The third-order valence-corrected chi connectivity index (χ3v) is 3.65. The summed E-state index contributed by atoms with van der Waals surface area (Å²) < 4.78 is 10.8. The van der Waals surface area contributed by atoms with Crippen molar-refractivity contribution in [2.45, 2.75) is 39.2 Å². The zero-order valence-electron chi connectivity index (χ0n) is 15.0. The molecule has 5 heteroatoms. The van der Waals surface area contributed by atoms with Gasteiger partial charge in [0.25, 0.3) is 0 Å². The first-order valence-corrected chi connectivity index (χ1v) is 8.22. The Morgan fingerprint density at radius 2 is 1.48 bits per heavy atom. The van der Waals surface area contributed by atoms with Crippen LogP contribution in [0.4, 0.5) is 0 Å². The fourth-order valence-electron chi connectivity index (χ4n) is 2.29. The van der Waals surface area contributed by atoms with Gasteiger partial charge in [-0.2, -0.15) is 0 Å². The predicted molar refractivity (Wildman–Crippen MR) is 98.0 cm³/mol. The predicted octanol–water partition coefficient (Wildman–Crippen LogP) is 4.26. The maximum atomic E-state index is 12.1. The molecule has 1 atom stereocenters. The van der Waals surface area contributed by atoms with Crippen molar-refractivity contribution in [1.82, 2.24) is 0 Å². The van der Waals surface area contributed by atoms with Crippen molar-refractivity contribution < 1.29 is 19.1 Å². The Bertz CT molecular complexity index is 668. The van der Waals surface area contributed by atoms with Crippen LogP contribution in [-0.4, -0.2) is 47.6 Å². The monoisotopic (exact) mass is 349 g/mol. The van der Waals surface area contributed by atoms with Gasteiger partial charge < -0.3 is 9.47 Å². The molecule has 0 saturated heterocycles. The van der Waals surface area contributed by atoms with E-state index in [9.17, 15) is 9.59 Å². The number of rotatable bonds is 7. The quantitative estimate of drug-likeness (QED) is 0.426. The van der Waals surface area contributed by atoms with Gasteiger partial charge in [-0.05, 0) is 49.2 Å². The first kappa shape index (κ1) is 21.4. The number of ether oxygens (including phenoxy) is 2. The van der Waals surface area contributed by atoms with E-state index in [1.54, 1.807) is 48.5 Å². The van der Waals surface area contributed by atoms with E-state index in [4.69, 9.17) is 9.47 Å². The molecular formula is C20H22NaO4. The number of benzene rings is 2. The van der Waals surface area contributed by atoms with E-state index in [0.717, 1.165) is 19.3 Å². The maximum absolute atomic E-state index is 12.1. The van der Waals surface area contributed by atoms with E-state index in [1.165, 1.54) is 0 Å². The summed E-state index contributed by atoms with van der Waals surface area (Å²) in [7, 11) is 0. The Hall–Kier alpha value is -1.62. The van der Waals surface area contributed by atoms with Gasteiger partial charge in [0.15, 0.2) is 0 Å². The molecule has 2 rings (SSSR count). The molecule has 2 aromatic carbocycles. The zero-order chi connectivity index (χ0) is 17.4. The van der Waals surface area contributed by atoms with Gasteiger partial charge in [0, 0.05) is 29.6 Å². The minimum absolute atomic E-state index is 0. The fourth-order valence-corrected chi connectivity index (χ4v) is 2.29. The summed E-state index contributed by atoms with van der Waals surface area (Å²) in [5.41, 5.74) is 0.926. The average Bonchev–Trinajstić information content (AvgIpc) is 2.62. The molecule has 0 aliphatic carbocycles. The van der Waals surface area contributed by atoms with Crippen LogP contribution in [-0.2, 0) is 4.74 Å². The van der Waals surface area contributed by atoms with Crippen LogP contribution in [0.15, 0.2) is 54.6 Å². The van der Waals surface area contributed by atoms with Crippen molar-refractivity contribution in [2.75, 3.05) is 0 Å². The van der Waals surface area contributed by atoms with Gasteiger partial charge in [0.05, 0.1) is 11.1 Å². The van der Waals surface area contributed by atoms with Crippen LogP contribution in [0.2, 0.25) is 0 Å². The standard InChI is InChI=1S/C20H22O4.Na/c1-3-8-17(4-2)23-20(22)16-11-13-18(14-12-16)24-19(21)15-9-6-5-7-10-15;/h5-7,9-14,17H,3-4,8H2,1-2H3;. The van der Waals surface area contributed by atoms with Crippen molar-refractivity contribution in [1.29, 1.82) is 0 Å². The molecule has 4 nitrogen and oxygen atoms in total. The second-order valence-corrected chi connectivity index (χ2v) is 5.50. The molecule has 0 bridgehead atoms. The van der Waals surface area contributed by atoms with E-state index in [0.29, 0.717) is 16.9 Å². The van der Waals surface area contributed by atoms with Crippen LogP contribution >= 0.6 is 0 Å². The average molecular weight is 349 g/mol. The largest absolute Gasteiger partial charge is 0.459 e. The summed E-state index contributed by atoms with van der Waals surface area (Å²) in [6.07, 6.45) is 2.57. The third-order valence-electron chi connectivity index (χ3n) is 3.65. The van der Waals surface area contributed by atoms with Crippen LogP contribution in [0.1, 0.15) is 53.8 Å². The topological polar surface area (TPSA) is 52.6 Å². The maximum Gasteiger partial charge on any atom is 0.343 e. The number of hydrogen-bond acceptors (Lipinski definition) is 4. The minimum Gasteiger partial charge on any atom is -0.459 e. The van der Waals surface area contributed by atoms with Crippen LogP contribution in [0.5, 0.6) is 5.75 Å². The molecule has 0 aromatic heterocycles. The number of carbonyl (C=O) groups excluding carboxylic acids is 2. The molecule has 127 valence electrons. The molecule has 0 heterocycles. The number of carbonyl (C=O) groups is 2. The normalized spacial score (nSPS) is 11.1. The van der Waals surface area contributed by atoms with E-state index in [1.807, 2.05) is 13.0 Å². The van der Waals surface area contributed by atoms with Gasteiger partial charge in [-0.1, -0.05) is 38.5 Å². The molecule has 0 spiro atoms. The smallest absolute Gasteiger partial charge is 0.343 e. The minimum atomic E-state index is -0.431. The van der Waals surface area contributed by atoms with E-state index < -0.39 is 5.97 Å². The van der Waals surface area contributed by atoms with Gasteiger partial charge in [-0.25, -0.2) is 9.59 Å². The zero-order valence-corrected chi connectivity index (χ0v) is 17.0. The van der Waals surface area contributed by atoms with Crippen molar-refractivity contribution in [3.05, 3.63) is 65.7 Å². The van der Waals surface area contributed by atoms with Crippen molar-refractivity contribution in [2.24, 2.45) is 0 Å². The van der Waals surface area contributed by atoms with E-state index in [-0.39, 0.29) is 41.6 Å². The summed E-state index contributed by atoms with van der Waals surface area (Å²) >= 11 is 0. The van der Waals surface area contributed by atoms with Crippen molar-refractivity contribution in [3.8, 4) is 5.75 Å². The molecule has 0 fully saturated rings. The summed E-state index contributed by atoms with van der Waals surface area (Å²) in [6.45, 7) is 4.06. The molecule has 1 radical (unpaired) electrons. The SMILES string of the molecule is CCCC(CC)OC(=O)c1ccc(OC(=O)c2ccccc2)cc1.[Na]. The first-order chi connectivity index (χ1) is 11.6. The Labute approximate surface area is 170 Å². The molecular weight excluding hydrogens is 327 g/mol. The van der Waals surface area contributed by atoms with Gasteiger partial charge >= 0.3 is 11.9 Å². The van der Waals surface area contributed by atoms with Gasteiger partial charge in [0.2, 0.25) is 0 Å². The van der Waals surface area contributed by atoms with Gasteiger partial charge in [0.1, 0.15) is 11.9 Å². The Morgan fingerprint density at radius 3 is 2.04 bits per heavy atom. The Kier molecular flexibility index (Phi) is 9.50. The fraction of sp³-hybridized carbons (Fsp3) is 0.300. The molecule has 0 saturated carbocycles. The number of hydrogen-bond donors (Lipinski definition) is 0. The van der Waals surface area contributed by atoms with Crippen LogP contribution < -0.4 is 4.74 Å².